The van der Waals surface area contributed by atoms with Crippen molar-refractivity contribution >= 4 is 11.6 Å². The predicted octanol–water partition coefficient (Wildman–Crippen LogP) is 4.24. The highest BCUT2D eigenvalue weighted by atomic mass is 19.1. The van der Waals surface area contributed by atoms with Crippen molar-refractivity contribution in [2.75, 3.05) is 5.32 Å². The van der Waals surface area contributed by atoms with Gasteiger partial charge in [-0.3, -0.25) is 4.79 Å². The van der Waals surface area contributed by atoms with Crippen molar-refractivity contribution in [1.29, 1.82) is 5.26 Å². The first-order valence-corrected chi connectivity index (χ1v) is 10.1. The van der Waals surface area contributed by atoms with Crippen LogP contribution in [0.4, 0.5) is 10.1 Å². The van der Waals surface area contributed by atoms with E-state index in [2.05, 4.69) is 16.7 Å². The monoisotopic (exact) mass is 373 g/mol. The maximum atomic E-state index is 13.9. The third kappa shape index (κ3) is 2.01. The summed E-state index contributed by atoms with van der Waals surface area (Å²) in [5.41, 5.74) is 5.26. The second-order valence-corrected chi connectivity index (χ2v) is 8.65. The summed E-state index contributed by atoms with van der Waals surface area (Å²) in [5.74, 6) is 1.52. The molecule has 6 rings (SSSR count). The number of carbonyl (C=O) groups excluding carboxylic acids is 1. The van der Waals surface area contributed by atoms with Crippen molar-refractivity contribution in [1.82, 2.24) is 5.32 Å². The van der Waals surface area contributed by atoms with Gasteiger partial charge in [-0.25, -0.2) is 4.39 Å². The minimum atomic E-state index is -0.471. The highest BCUT2D eigenvalue weighted by Gasteiger charge is 2.55. The van der Waals surface area contributed by atoms with E-state index in [1.165, 1.54) is 30.9 Å². The zero-order chi connectivity index (χ0) is 19.0. The van der Waals surface area contributed by atoms with E-state index < -0.39 is 5.82 Å². The zero-order valence-corrected chi connectivity index (χ0v) is 15.3. The van der Waals surface area contributed by atoms with Crippen LogP contribution in [-0.2, 0) is 6.54 Å². The molecule has 2 aromatic rings. The fourth-order valence-corrected chi connectivity index (χ4v) is 6.45. The SMILES string of the molecule is N#Cc1cc([C@@H]2Nc3ccc4c(c3[C@H]3[C@@H]5CCC(C5)[C@H]32)C(=O)NC4)ccc1F. The molecule has 28 heavy (non-hydrogen) atoms. The van der Waals surface area contributed by atoms with Crippen molar-refractivity contribution in [3.63, 3.8) is 0 Å². The van der Waals surface area contributed by atoms with E-state index in [0.29, 0.717) is 30.2 Å². The standard InChI is InChI=1S/C23H20FN3O/c24-16-5-3-13(8-15(16)9-25)22-19-12-2-1-11(7-12)18(19)21-17(27-22)6-4-14-10-26-23(28)20(14)21/h3-6,8,11-12,18-19,22,27H,1-2,7,10H2,(H,26,28)/t11-,12?,18+,19-,22+/m1/s1. The predicted molar refractivity (Wildman–Crippen MR) is 102 cm³/mol. The maximum Gasteiger partial charge on any atom is 0.252 e. The van der Waals surface area contributed by atoms with Gasteiger partial charge in [0.1, 0.15) is 11.9 Å². The Balaban J connectivity index is 1.53. The number of fused-ring (bicyclic) bond motifs is 9. The van der Waals surface area contributed by atoms with E-state index in [1.54, 1.807) is 6.07 Å². The molecule has 0 spiro atoms. The number of halogens is 1. The van der Waals surface area contributed by atoms with Crippen molar-refractivity contribution < 1.29 is 9.18 Å². The minimum absolute atomic E-state index is 0.0437. The summed E-state index contributed by atoms with van der Waals surface area (Å²) < 4.78 is 13.9. The lowest BCUT2D eigenvalue weighted by Gasteiger charge is -2.44. The van der Waals surface area contributed by atoms with E-state index in [1.807, 2.05) is 18.2 Å². The first-order valence-electron chi connectivity index (χ1n) is 10.1. The number of amides is 1. The zero-order valence-electron chi connectivity index (χ0n) is 15.3. The lowest BCUT2D eigenvalue weighted by molar-refractivity contribution is 0.0963. The summed E-state index contributed by atoms with van der Waals surface area (Å²) in [6.07, 6.45) is 3.63. The Kier molecular flexibility index (Phi) is 3.21. The fraction of sp³-hybridized carbons (Fsp3) is 0.391. The molecule has 5 heteroatoms. The Hall–Kier alpha value is -2.87. The molecule has 2 heterocycles. The van der Waals surface area contributed by atoms with Crippen LogP contribution in [0.3, 0.4) is 0 Å². The number of nitriles is 1. The highest BCUT2D eigenvalue weighted by Crippen LogP contribution is 2.64. The van der Waals surface area contributed by atoms with Gasteiger partial charge in [0.05, 0.1) is 11.6 Å². The number of benzene rings is 2. The molecule has 5 atom stereocenters. The normalized spacial score (nSPS) is 31.4. The van der Waals surface area contributed by atoms with Gasteiger partial charge in [-0.1, -0.05) is 12.1 Å². The Labute approximate surface area is 162 Å². The van der Waals surface area contributed by atoms with Crippen LogP contribution < -0.4 is 10.6 Å². The average molecular weight is 373 g/mol. The van der Waals surface area contributed by atoms with E-state index in [-0.39, 0.29) is 17.5 Å². The van der Waals surface area contributed by atoms with Crippen LogP contribution in [0.1, 0.15) is 63.8 Å². The summed E-state index contributed by atoms with van der Waals surface area (Å²) in [7, 11) is 0. The summed E-state index contributed by atoms with van der Waals surface area (Å²) in [6, 6.07) is 11.1. The molecule has 0 saturated heterocycles. The molecule has 1 unspecified atom stereocenters. The quantitative estimate of drug-likeness (QED) is 0.786. The van der Waals surface area contributed by atoms with Gasteiger partial charge in [0.2, 0.25) is 0 Å². The van der Waals surface area contributed by atoms with Gasteiger partial charge in [-0.15, -0.1) is 0 Å². The van der Waals surface area contributed by atoms with Crippen LogP contribution >= 0.6 is 0 Å². The van der Waals surface area contributed by atoms with E-state index >= 15 is 0 Å². The molecule has 2 fully saturated rings. The smallest absolute Gasteiger partial charge is 0.252 e. The van der Waals surface area contributed by atoms with Crippen molar-refractivity contribution in [3.05, 3.63) is 64.0 Å². The molecule has 1 amide bonds. The number of rotatable bonds is 1. The van der Waals surface area contributed by atoms with Gasteiger partial charge < -0.3 is 10.6 Å². The summed E-state index contributed by atoms with van der Waals surface area (Å²) in [5, 5.41) is 15.9. The molecule has 2 saturated carbocycles. The van der Waals surface area contributed by atoms with E-state index in [9.17, 15) is 14.4 Å². The largest absolute Gasteiger partial charge is 0.378 e. The van der Waals surface area contributed by atoms with Gasteiger partial charge in [-0.05, 0) is 77.8 Å². The second-order valence-electron chi connectivity index (χ2n) is 8.65. The van der Waals surface area contributed by atoms with Crippen LogP contribution in [0, 0.1) is 34.9 Å². The van der Waals surface area contributed by atoms with Crippen LogP contribution in [0.25, 0.3) is 0 Å². The molecule has 140 valence electrons. The topological polar surface area (TPSA) is 64.9 Å². The lowest BCUT2D eigenvalue weighted by Crippen LogP contribution is -2.36. The van der Waals surface area contributed by atoms with Gasteiger partial charge in [0.15, 0.2) is 0 Å². The van der Waals surface area contributed by atoms with E-state index in [4.69, 9.17) is 0 Å². The number of nitrogens with one attached hydrogen (secondary N) is 2. The Bertz CT molecular complexity index is 1070. The van der Waals surface area contributed by atoms with Crippen LogP contribution in [0.2, 0.25) is 0 Å². The first-order chi connectivity index (χ1) is 13.7. The average Bonchev–Trinajstić information content (AvgIpc) is 3.43. The summed E-state index contributed by atoms with van der Waals surface area (Å²) >= 11 is 0. The molecule has 0 radical (unpaired) electrons. The van der Waals surface area contributed by atoms with Crippen molar-refractivity contribution in [2.24, 2.45) is 17.8 Å². The summed E-state index contributed by atoms with van der Waals surface area (Å²) in [6.45, 7) is 0.611. The van der Waals surface area contributed by atoms with Crippen LogP contribution in [0.5, 0.6) is 0 Å². The lowest BCUT2D eigenvalue weighted by atomic mass is 9.66. The molecule has 4 aliphatic rings. The molecule has 2 bridgehead atoms. The minimum Gasteiger partial charge on any atom is -0.378 e. The number of hydrogen-bond acceptors (Lipinski definition) is 3. The van der Waals surface area contributed by atoms with E-state index in [0.717, 1.165) is 22.4 Å². The molecule has 2 aromatic carbocycles. The number of nitrogens with zero attached hydrogens (tertiary/aromatic N) is 1. The molecule has 2 aliphatic heterocycles. The van der Waals surface area contributed by atoms with Gasteiger partial charge in [-0.2, -0.15) is 5.26 Å². The highest BCUT2D eigenvalue weighted by molar-refractivity contribution is 6.01. The molecule has 0 aromatic heterocycles. The molecular formula is C23H20FN3O. The summed E-state index contributed by atoms with van der Waals surface area (Å²) in [4.78, 5) is 12.6. The molecule has 2 aliphatic carbocycles. The third-order valence-electron chi connectivity index (χ3n) is 7.48. The Morgan fingerprint density at radius 1 is 1.14 bits per heavy atom. The van der Waals surface area contributed by atoms with Crippen LogP contribution in [-0.4, -0.2) is 5.91 Å². The Morgan fingerprint density at radius 2 is 2.00 bits per heavy atom. The van der Waals surface area contributed by atoms with Crippen molar-refractivity contribution in [3.8, 4) is 6.07 Å². The number of hydrogen-bond donors (Lipinski definition) is 2. The fourth-order valence-electron chi connectivity index (χ4n) is 6.45. The first kappa shape index (κ1) is 16.1. The van der Waals surface area contributed by atoms with Crippen molar-refractivity contribution in [2.45, 2.75) is 37.8 Å². The second kappa shape index (κ2) is 5.57. The number of carbonyl (C=O) groups is 1. The molecular weight excluding hydrogens is 353 g/mol. The third-order valence-corrected chi connectivity index (χ3v) is 7.48. The molecule has 2 N–H and O–H groups in total. The van der Waals surface area contributed by atoms with Gasteiger partial charge in [0.25, 0.3) is 5.91 Å². The molecule has 4 nitrogen and oxygen atoms in total. The van der Waals surface area contributed by atoms with Gasteiger partial charge in [0, 0.05) is 17.8 Å². The number of anilines is 1. The van der Waals surface area contributed by atoms with Crippen LogP contribution in [0.15, 0.2) is 30.3 Å². The van der Waals surface area contributed by atoms with Gasteiger partial charge >= 0.3 is 0 Å². The Morgan fingerprint density at radius 3 is 2.86 bits per heavy atom. The maximum absolute atomic E-state index is 13.9.